The molecule has 0 fully saturated rings. The molecule has 1 amide bonds. The standard InChI is InChI=1S/C11H16N2O/c1-9(7-11(12)14)13-8-10-5-3-2-4-6-10/h2-6,9,13H,7-8H2,1H3,(H2,12,14)/t9-/m0/s1. The Kier molecular flexibility index (Phi) is 4.13. The molecule has 0 aliphatic carbocycles. The largest absolute Gasteiger partial charge is 0.370 e. The van der Waals surface area contributed by atoms with Gasteiger partial charge in [0, 0.05) is 19.0 Å². The molecule has 1 atom stereocenters. The smallest absolute Gasteiger partial charge is 0.218 e. The van der Waals surface area contributed by atoms with Crippen molar-refractivity contribution in [2.45, 2.75) is 25.9 Å². The molecule has 0 saturated carbocycles. The number of carbonyl (C=O) groups excluding carboxylic acids is 1. The number of carbonyl (C=O) groups is 1. The van der Waals surface area contributed by atoms with Gasteiger partial charge in [-0.25, -0.2) is 0 Å². The van der Waals surface area contributed by atoms with Crippen LogP contribution in [0.3, 0.4) is 0 Å². The van der Waals surface area contributed by atoms with Crippen molar-refractivity contribution in [2.24, 2.45) is 5.73 Å². The summed E-state index contributed by atoms with van der Waals surface area (Å²) in [5.74, 6) is -0.266. The number of hydrogen-bond acceptors (Lipinski definition) is 2. The highest BCUT2D eigenvalue weighted by Gasteiger charge is 2.04. The SMILES string of the molecule is C[C@@H](CC(N)=O)NCc1ccccc1. The van der Waals surface area contributed by atoms with E-state index in [0.29, 0.717) is 6.42 Å². The average Bonchev–Trinajstić information content (AvgIpc) is 2.15. The molecule has 1 rings (SSSR count). The number of nitrogens with two attached hydrogens (primary N) is 1. The van der Waals surface area contributed by atoms with Gasteiger partial charge >= 0.3 is 0 Å². The highest BCUT2D eigenvalue weighted by Crippen LogP contribution is 1.99. The van der Waals surface area contributed by atoms with E-state index in [0.717, 1.165) is 6.54 Å². The van der Waals surface area contributed by atoms with E-state index in [2.05, 4.69) is 5.32 Å². The van der Waals surface area contributed by atoms with Crippen LogP contribution in [0.4, 0.5) is 0 Å². The van der Waals surface area contributed by atoms with E-state index < -0.39 is 0 Å². The zero-order valence-corrected chi connectivity index (χ0v) is 8.36. The Hall–Kier alpha value is -1.35. The van der Waals surface area contributed by atoms with E-state index in [1.54, 1.807) is 0 Å². The molecule has 0 aromatic heterocycles. The third-order valence-corrected chi connectivity index (χ3v) is 2.00. The molecular formula is C11H16N2O. The predicted molar refractivity (Wildman–Crippen MR) is 56.6 cm³/mol. The number of nitrogens with one attached hydrogen (secondary N) is 1. The first-order valence-electron chi connectivity index (χ1n) is 4.74. The van der Waals surface area contributed by atoms with Crippen molar-refractivity contribution in [3.05, 3.63) is 35.9 Å². The lowest BCUT2D eigenvalue weighted by Crippen LogP contribution is -2.30. The Morgan fingerprint density at radius 1 is 1.43 bits per heavy atom. The Labute approximate surface area is 84.3 Å². The molecule has 1 aromatic carbocycles. The fraction of sp³-hybridized carbons (Fsp3) is 0.364. The molecular weight excluding hydrogens is 176 g/mol. The van der Waals surface area contributed by atoms with Crippen LogP contribution in [-0.2, 0) is 11.3 Å². The topological polar surface area (TPSA) is 55.1 Å². The number of hydrogen-bond donors (Lipinski definition) is 2. The first-order chi connectivity index (χ1) is 6.68. The van der Waals surface area contributed by atoms with Gasteiger partial charge in [0.25, 0.3) is 0 Å². The van der Waals surface area contributed by atoms with Crippen LogP contribution in [0.25, 0.3) is 0 Å². The van der Waals surface area contributed by atoms with Crippen LogP contribution in [0, 0.1) is 0 Å². The number of benzene rings is 1. The molecule has 14 heavy (non-hydrogen) atoms. The van der Waals surface area contributed by atoms with E-state index in [9.17, 15) is 4.79 Å². The Balaban J connectivity index is 2.30. The minimum absolute atomic E-state index is 0.132. The summed E-state index contributed by atoms with van der Waals surface area (Å²) < 4.78 is 0. The van der Waals surface area contributed by atoms with Crippen molar-refractivity contribution in [1.29, 1.82) is 0 Å². The maximum atomic E-state index is 10.6. The Bertz CT molecular complexity index is 285. The summed E-state index contributed by atoms with van der Waals surface area (Å²) in [4.78, 5) is 10.6. The number of amides is 1. The molecule has 3 N–H and O–H groups in total. The fourth-order valence-corrected chi connectivity index (χ4v) is 1.26. The summed E-state index contributed by atoms with van der Waals surface area (Å²) >= 11 is 0. The number of primary amides is 1. The molecule has 0 aliphatic heterocycles. The van der Waals surface area contributed by atoms with Crippen LogP contribution < -0.4 is 11.1 Å². The van der Waals surface area contributed by atoms with Crippen molar-refractivity contribution in [3.63, 3.8) is 0 Å². The average molecular weight is 192 g/mol. The van der Waals surface area contributed by atoms with Gasteiger partial charge in [0.1, 0.15) is 0 Å². The zero-order chi connectivity index (χ0) is 10.4. The molecule has 3 heteroatoms. The van der Waals surface area contributed by atoms with E-state index in [1.165, 1.54) is 5.56 Å². The molecule has 0 unspecified atom stereocenters. The molecule has 3 nitrogen and oxygen atoms in total. The van der Waals surface area contributed by atoms with Crippen LogP contribution >= 0.6 is 0 Å². The number of rotatable bonds is 5. The Morgan fingerprint density at radius 3 is 2.64 bits per heavy atom. The van der Waals surface area contributed by atoms with E-state index in [4.69, 9.17) is 5.73 Å². The summed E-state index contributed by atoms with van der Waals surface area (Å²) in [5, 5.41) is 3.23. The maximum Gasteiger partial charge on any atom is 0.218 e. The highest BCUT2D eigenvalue weighted by atomic mass is 16.1. The van der Waals surface area contributed by atoms with Crippen molar-refractivity contribution >= 4 is 5.91 Å². The lowest BCUT2D eigenvalue weighted by Gasteiger charge is -2.11. The van der Waals surface area contributed by atoms with Crippen LogP contribution in [0.1, 0.15) is 18.9 Å². The molecule has 0 radical (unpaired) electrons. The summed E-state index contributed by atoms with van der Waals surface area (Å²) in [6.45, 7) is 2.73. The van der Waals surface area contributed by atoms with Crippen LogP contribution in [0.5, 0.6) is 0 Å². The van der Waals surface area contributed by atoms with Gasteiger partial charge in [-0.2, -0.15) is 0 Å². The second-order valence-corrected chi connectivity index (χ2v) is 3.44. The van der Waals surface area contributed by atoms with Crippen molar-refractivity contribution in [1.82, 2.24) is 5.32 Å². The maximum absolute atomic E-state index is 10.6. The van der Waals surface area contributed by atoms with Crippen LogP contribution in [0.15, 0.2) is 30.3 Å². The van der Waals surface area contributed by atoms with Gasteiger partial charge in [-0.1, -0.05) is 30.3 Å². The van der Waals surface area contributed by atoms with E-state index >= 15 is 0 Å². The minimum atomic E-state index is -0.266. The minimum Gasteiger partial charge on any atom is -0.370 e. The first kappa shape index (κ1) is 10.7. The first-order valence-corrected chi connectivity index (χ1v) is 4.74. The van der Waals surface area contributed by atoms with Crippen molar-refractivity contribution in [3.8, 4) is 0 Å². The third-order valence-electron chi connectivity index (χ3n) is 2.00. The normalized spacial score (nSPS) is 12.4. The lowest BCUT2D eigenvalue weighted by atomic mass is 10.2. The van der Waals surface area contributed by atoms with Gasteiger partial charge in [0.05, 0.1) is 0 Å². The van der Waals surface area contributed by atoms with Crippen molar-refractivity contribution < 1.29 is 4.79 Å². The van der Waals surface area contributed by atoms with Crippen molar-refractivity contribution in [2.75, 3.05) is 0 Å². The van der Waals surface area contributed by atoms with Gasteiger partial charge in [0.2, 0.25) is 5.91 Å². The van der Waals surface area contributed by atoms with Gasteiger partial charge in [0.15, 0.2) is 0 Å². The molecule has 76 valence electrons. The molecule has 0 bridgehead atoms. The fourth-order valence-electron chi connectivity index (χ4n) is 1.26. The molecule has 0 aliphatic rings. The summed E-state index contributed by atoms with van der Waals surface area (Å²) in [6, 6.07) is 10.2. The van der Waals surface area contributed by atoms with Crippen LogP contribution in [0.2, 0.25) is 0 Å². The molecule has 0 heterocycles. The van der Waals surface area contributed by atoms with Gasteiger partial charge < -0.3 is 11.1 Å². The summed E-state index contributed by atoms with van der Waals surface area (Å²) in [5.41, 5.74) is 6.30. The summed E-state index contributed by atoms with van der Waals surface area (Å²) in [7, 11) is 0. The predicted octanol–water partition coefficient (Wildman–Crippen LogP) is 1.04. The van der Waals surface area contributed by atoms with E-state index in [1.807, 2.05) is 37.3 Å². The van der Waals surface area contributed by atoms with Gasteiger partial charge in [-0.05, 0) is 12.5 Å². The van der Waals surface area contributed by atoms with E-state index in [-0.39, 0.29) is 11.9 Å². The van der Waals surface area contributed by atoms with Crippen LogP contribution in [-0.4, -0.2) is 11.9 Å². The zero-order valence-electron chi connectivity index (χ0n) is 8.36. The monoisotopic (exact) mass is 192 g/mol. The third kappa shape index (κ3) is 4.05. The molecule has 0 spiro atoms. The lowest BCUT2D eigenvalue weighted by molar-refractivity contribution is -0.118. The Morgan fingerprint density at radius 2 is 2.07 bits per heavy atom. The highest BCUT2D eigenvalue weighted by molar-refractivity contribution is 5.74. The quantitative estimate of drug-likeness (QED) is 0.732. The second-order valence-electron chi connectivity index (χ2n) is 3.44. The van der Waals surface area contributed by atoms with Gasteiger partial charge in [-0.3, -0.25) is 4.79 Å². The second kappa shape index (κ2) is 5.40. The molecule has 0 saturated heterocycles. The summed E-state index contributed by atoms with van der Waals surface area (Å²) in [6.07, 6.45) is 0.382. The van der Waals surface area contributed by atoms with Gasteiger partial charge in [-0.15, -0.1) is 0 Å². The molecule has 1 aromatic rings.